The van der Waals surface area contributed by atoms with Crippen LogP contribution in [0.25, 0.3) is 22.4 Å². The van der Waals surface area contributed by atoms with Gasteiger partial charge in [0.1, 0.15) is 0 Å². The van der Waals surface area contributed by atoms with E-state index in [1.54, 1.807) is 24.0 Å². The van der Waals surface area contributed by atoms with Crippen molar-refractivity contribution in [1.29, 1.82) is 0 Å². The average molecular weight is 358 g/mol. The van der Waals surface area contributed by atoms with Crippen molar-refractivity contribution >= 4 is 23.4 Å². The molecular weight excluding hydrogens is 342 g/mol. The first kappa shape index (κ1) is 16.7. The molecule has 3 rings (SSSR count). The van der Waals surface area contributed by atoms with Gasteiger partial charge < -0.3 is 0 Å². The minimum Gasteiger partial charge on any atom is -0.290 e. The molecule has 2 heterocycles. The summed E-state index contributed by atoms with van der Waals surface area (Å²) in [5, 5.41) is 1.29. The Hall–Kier alpha value is -2.11. The smallest absolute Gasteiger partial charge is 0.262 e. The summed E-state index contributed by atoms with van der Waals surface area (Å²) in [6.07, 6.45) is 5.29. The maximum Gasteiger partial charge on any atom is 0.262 e. The standard InChI is InChI=1S/C18H16ClN3OS/c1-11-4-5-13(10-14(11)19)15-16(12-6-8-20-9-7-12)21-18(24-3)22(2)17(15)23/h4-10H,1-3H3. The fourth-order valence-corrected chi connectivity index (χ4v) is 3.21. The second-order valence-electron chi connectivity index (χ2n) is 5.39. The normalized spacial score (nSPS) is 10.8. The van der Waals surface area contributed by atoms with Crippen LogP contribution in [0.3, 0.4) is 0 Å². The molecule has 4 nitrogen and oxygen atoms in total. The molecule has 122 valence electrons. The van der Waals surface area contributed by atoms with Gasteiger partial charge in [-0.15, -0.1) is 0 Å². The van der Waals surface area contributed by atoms with E-state index in [4.69, 9.17) is 16.6 Å². The van der Waals surface area contributed by atoms with Crippen molar-refractivity contribution in [2.45, 2.75) is 12.1 Å². The van der Waals surface area contributed by atoms with Crippen LogP contribution in [0.15, 0.2) is 52.7 Å². The summed E-state index contributed by atoms with van der Waals surface area (Å²) in [5.74, 6) is 0. The van der Waals surface area contributed by atoms with Crippen LogP contribution in [-0.2, 0) is 7.05 Å². The van der Waals surface area contributed by atoms with Crippen LogP contribution >= 0.6 is 23.4 Å². The van der Waals surface area contributed by atoms with Gasteiger partial charge >= 0.3 is 0 Å². The fourth-order valence-electron chi connectivity index (χ4n) is 2.49. The highest BCUT2D eigenvalue weighted by Crippen LogP contribution is 2.31. The van der Waals surface area contributed by atoms with Crippen LogP contribution in [0.4, 0.5) is 0 Å². The maximum atomic E-state index is 13.0. The lowest BCUT2D eigenvalue weighted by atomic mass is 10.00. The highest BCUT2D eigenvalue weighted by Gasteiger charge is 2.18. The lowest BCUT2D eigenvalue weighted by Gasteiger charge is -2.14. The Morgan fingerprint density at radius 2 is 1.83 bits per heavy atom. The molecule has 0 fully saturated rings. The first-order valence-electron chi connectivity index (χ1n) is 7.35. The van der Waals surface area contributed by atoms with Gasteiger partial charge in [0.05, 0.1) is 11.3 Å². The van der Waals surface area contributed by atoms with Crippen molar-refractivity contribution < 1.29 is 0 Å². The van der Waals surface area contributed by atoms with E-state index >= 15 is 0 Å². The number of hydrogen-bond donors (Lipinski definition) is 0. The second-order valence-corrected chi connectivity index (χ2v) is 6.57. The van der Waals surface area contributed by atoms with Crippen molar-refractivity contribution in [1.82, 2.24) is 14.5 Å². The Labute approximate surface area is 149 Å². The van der Waals surface area contributed by atoms with Crippen molar-refractivity contribution in [3.8, 4) is 22.4 Å². The van der Waals surface area contributed by atoms with E-state index in [2.05, 4.69) is 4.98 Å². The molecule has 0 saturated carbocycles. The molecule has 1 aromatic carbocycles. The summed E-state index contributed by atoms with van der Waals surface area (Å²) in [7, 11) is 1.73. The molecular formula is C18H16ClN3OS. The molecule has 0 aliphatic heterocycles. The van der Waals surface area contributed by atoms with Crippen LogP contribution in [0.1, 0.15) is 5.56 Å². The van der Waals surface area contributed by atoms with Crippen LogP contribution in [0.5, 0.6) is 0 Å². The SMILES string of the molecule is CSc1nc(-c2ccncc2)c(-c2ccc(C)c(Cl)c2)c(=O)n1C. The first-order chi connectivity index (χ1) is 11.5. The molecule has 3 aromatic rings. The Bertz CT molecular complexity index is 954. The van der Waals surface area contributed by atoms with Gasteiger partial charge in [0.15, 0.2) is 5.16 Å². The zero-order chi connectivity index (χ0) is 17.3. The zero-order valence-electron chi connectivity index (χ0n) is 13.6. The number of benzene rings is 1. The average Bonchev–Trinajstić information content (AvgIpc) is 2.60. The van der Waals surface area contributed by atoms with E-state index in [1.165, 1.54) is 11.8 Å². The van der Waals surface area contributed by atoms with Crippen molar-refractivity contribution in [3.05, 3.63) is 63.7 Å². The quantitative estimate of drug-likeness (QED) is 0.521. The number of aryl methyl sites for hydroxylation is 1. The molecule has 2 aromatic heterocycles. The third-order valence-electron chi connectivity index (χ3n) is 3.85. The van der Waals surface area contributed by atoms with Gasteiger partial charge in [-0.05, 0) is 42.5 Å². The first-order valence-corrected chi connectivity index (χ1v) is 8.95. The lowest BCUT2D eigenvalue weighted by molar-refractivity contribution is 0.715. The predicted octanol–water partition coefficient (Wildman–Crippen LogP) is 4.19. The summed E-state index contributed by atoms with van der Waals surface area (Å²) in [6, 6.07) is 9.34. The minimum atomic E-state index is -0.0962. The highest BCUT2D eigenvalue weighted by atomic mass is 35.5. The number of nitrogens with zero attached hydrogens (tertiary/aromatic N) is 3. The van der Waals surface area contributed by atoms with Crippen LogP contribution in [-0.4, -0.2) is 20.8 Å². The summed E-state index contributed by atoms with van der Waals surface area (Å²) in [5.41, 5.74) is 3.67. The van der Waals surface area contributed by atoms with Crippen LogP contribution in [0, 0.1) is 6.92 Å². The van der Waals surface area contributed by atoms with Crippen LogP contribution < -0.4 is 5.56 Å². The molecule has 0 unspecified atom stereocenters. The number of aromatic nitrogens is 3. The van der Waals surface area contributed by atoms with Gasteiger partial charge in [0.25, 0.3) is 5.56 Å². The number of pyridine rings is 1. The second kappa shape index (κ2) is 6.79. The molecule has 0 amide bonds. The number of rotatable bonds is 3. The van der Waals surface area contributed by atoms with Gasteiger partial charge in [0, 0.05) is 30.0 Å². The van der Waals surface area contributed by atoms with Gasteiger partial charge in [0.2, 0.25) is 0 Å². The van der Waals surface area contributed by atoms with E-state index in [1.807, 2.05) is 43.5 Å². The summed E-state index contributed by atoms with van der Waals surface area (Å²) in [4.78, 5) is 21.7. The maximum absolute atomic E-state index is 13.0. The Morgan fingerprint density at radius 3 is 2.46 bits per heavy atom. The van der Waals surface area contributed by atoms with Gasteiger partial charge in [-0.3, -0.25) is 14.3 Å². The molecule has 0 aliphatic carbocycles. The zero-order valence-corrected chi connectivity index (χ0v) is 15.1. The molecule has 0 bridgehead atoms. The van der Waals surface area contributed by atoms with Crippen LogP contribution in [0.2, 0.25) is 5.02 Å². The van der Waals surface area contributed by atoms with E-state index in [-0.39, 0.29) is 5.56 Å². The van der Waals surface area contributed by atoms with E-state index in [0.29, 0.717) is 21.4 Å². The van der Waals surface area contributed by atoms with Gasteiger partial charge in [-0.1, -0.05) is 35.5 Å². The number of thioether (sulfide) groups is 1. The lowest BCUT2D eigenvalue weighted by Crippen LogP contribution is -2.22. The van der Waals surface area contributed by atoms with E-state index in [0.717, 1.165) is 16.7 Å². The number of halogens is 1. The molecule has 0 atom stereocenters. The van der Waals surface area contributed by atoms with Crippen molar-refractivity contribution in [3.63, 3.8) is 0 Å². The van der Waals surface area contributed by atoms with Gasteiger partial charge in [-0.2, -0.15) is 0 Å². The fraction of sp³-hybridized carbons (Fsp3) is 0.167. The summed E-state index contributed by atoms with van der Waals surface area (Å²) in [6.45, 7) is 1.93. The Balaban J connectivity index is 2.37. The topological polar surface area (TPSA) is 47.8 Å². The predicted molar refractivity (Wildman–Crippen MR) is 99.7 cm³/mol. The largest absolute Gasteiger partial charge is 0.290 e. The molecule has 0 N–H and O–H groups in total. The Morgan fingerprint density at radius 1 is 1.12 bits per heavy atom. The summed E-state index contributed by atoms with van der Waals surface area (Å²) >= 11 is 7.71. The molecule has 0 spiro atoms. The molecule has 0 aliphatic rings. The highest BCUT2D eigenvalue weighted by molar-refractivity contribution is 7.98. The molecule has 0 radical (unpaired) electrons. The third-order valence-corrected chi connectivity index (χ3v) is 4.98. The Kier molecular flexibility index (Phi) is 4.73. The summed E-state index contributed by atoms with van der Waals surface area (Å²) < 4.78 is 1.57. The van der Waals surface area contributed by atoms with Crippen molar-refractivity contribution in [2.75, 3.05) is 6.26 Å². The minimum absolute atomic E-state index is 0.0962. The van der Waals surface area contributed by atoms with Crippen molar-refractivity contribution in [2.24, 2.45) is 7.05 Å². The van der Waals surface area contributed by atoms with E-state index in [9.17, 15) is 4.79 Å². The monoisotopic (exact) mass is 357 g/mol. The molecule has 24 heavy (non-hydrogen) atoms. The number of hydrogen-bond acceptors (Lipinski definition) is 4. The van der Waals surface area contributed by atoms with Gasteiger partial charge in [-0.25, -0.2) is 4.98 Å². The molecule has 0 saturated heterocycles. The molecule has 6 heteroatoms. The van der Waals surface area contributed by atoms with E-state index < -0.39 is 0 Å². The third kappa shape index (κ3) is 2.97.